The van der Waals surface area contributed by atoms with Crippen LogP contribution in [0.3, 0.4) is 0 Å². The van der Waals surface area contributed by atoms with Crippen molar-refractivity contribution in [3.05, 3.63) is 0 Å². The first-order chi connectivity index (χ1) is 6.74. The lowest BCUT2D eigenvalue weighted by Crippen LogP contribution is -2.26. The second kappa shape index (κ2) is 9.51. The number of hydrogen-bond acceptors (Lipinski definition) is 1. The van der Waals surface area contributed by atoms with Crippen LogP contribution in [0.2, 0.25) is 0 Å². The highest BCUT2D eigenvalue weighted by atomic mass is 15.1. The summed E-state index contributed by atoms with van der Waals surface area (Å²) in [5.41, 5.74) is 0. The molecule has 0 radical (unpaired) electrons. The van der Waals surface area contributed by atoms with Crippen LogP contribution in [0, 0.1) is 5.92 Å². The van der Waals surface area contributed by atoms with Gasteiger partial charge in [-0.2, -0.15) is 0 Å². The molecular weight excluding hydrogens is 170 g/mol. The molecule has 1 nitrogen and oxygen atoms in total. The quantitative estimate of drug-likeness (QED) is 0.508. The molecule has 14 heavy (non-hydrogen) atoms. The molecule has 0 aromatic carbocycles. The maximum Gasteiger partial charge on any atom is 0.000650 e. The second-order valence-electron chi connectivity index (χ2n) is 4.53. The lowest BCUT2D eigenvalue weighted by Gasteiger charge is -2.22. The average Bonchev–Trinajstić information content (AvgIpc) is 2.17. The van der Waals surface area contributed by atoms with Crippen LogP contribution in [0.1, 0.15) is 59.3 Å². The third kappa shape index (κ3) is 7.37. The van der Waals surface area contributed by atoms with Crippen LogP contribution in [-0.2, 0) is 0 Å². The summed E-state index contributed by atoms with van der Waals surface area (Å²) in [6, 6.07) is 0. The van der Waals surface area contributed by atoms with E-state index in [-0.39, 0.29) is 0 Å². The summed E-state index contributed by atoms with van der Waals surface area (Å²) in [4.78, 5) is 2.49. The Morgan fingerprint density at radius 3 is 2.21 bits per heavy atom. The van der Waals surface area contributed by atoms with Crippen LogP contribution in [-0.4, -0.2) is 25.0 Å². The Morgan fingerprint density at radius 1 is 1.00 bits per heavy atom. The predicted octanol–water partition coefficient (Wildman–Crippen LogP) is 3.93. The molecule has 86 valence electrons. The first kappa shape index (κ1) is 14.0. The molecule has 0 rings (SSSR count). The molecule has 1 unspecified atom stereocenters. The van der Waals surface area contributed by atoms with Crippen LogP contribution < -0.4 is 0 Å². The standard InChI is InChI=1S/C13H29N/c1-5-8-9-10-13(7-3)12-14(4)11-6-2/h13H,5-12H2,1-4H3. The van der Waals surface area contributed by atoms with E-state index in [9.17, 15) is 0 Å². The van der Waals surface area contributed by atoms with Crippen molar-refractivity contribution in [3.8, 4) is 0 Å². The Labute approximate surface area is 90.9 Å². The molecule has 1 atom stereocenters. The summed E-state index contributed by atoms with van der Waals surface area (Å²) >= 11 is 0. The molecule has 1 heteroatoms. The molecule has 0 saturated heterocycles. The SMILES string of the molecule is CCCCCC(CC)CN(C)CCC. The Morgan fingerprint density at radius 2 is 1.71 bits per heavy atom. The van der Waals surface area contributed by atoms with Crippen LogP contribution in [0.15, 0.2) is 0 Å². The van der Waals surface area contributed by atoms with Gasteiger partial charge in [0, 0.05) is 6.54 Å². The van der Waals surface area contributed by atoms with Gasteiger partial charge >= 0.3 is 0 Å². The summed E-state index contributed by atoms with van der Waals surface area (Å²) in [7, 11) is 2.26. The van der Waals surface area contributed by atoms with E-state index in [1.165, 1.54) is 51.6 Å². The van der Waals surface area contributed by atoms with E-state index in [2.05, 4.69) is 32.7 Å². The van der Waals surface area contributed by atoms with Crippen molar-refractivity contribution in [2.75, 3.05) is 20.1 Å². The third-order valence-electron chi connectivity index (χ3n) is 2.97. The normalized spacial score (nSPS) is 13.5. The molecule has 0 heterocycles. The van der Waals surface area contributed by atoms with E-state index in [0.29, 0.717) is 0 Å². The van der Waals surface area contributed by atoms with Crippen molar-refractivity contribution < 1.29 is 0 Å². The number of nitrogens with zero attached hydrogens (tertiary/aromatic N) is 1. The maximum absolute atomic E-state index is 2.49. The molecule has 0 fully saturated rings. The molecule has 0 saturated carbocycles. The molecular formula is C13H29N. The minimum Gasteiger partial charge on any atom is -0.306 e. The van der Waals surface area contributed by atoms with Gasteiger partial charge in [-0.25, -0.2) is 0 Å². The molecule has 0 aliphatic carbocycles. The lowest BCUT2D eigenvalue weighted by molar-refractivity contribution is 0.259. The van der Waals surface area contributed by atoms with Gasteiger partial charge in [0.1, 0.15) is 0 Å². The summed E-state index contributed by atoms with van der Waals surface area (Å²) in [5.74, 6) is 0.929. The number of rotatable bonds is 9. The summed E-state index contributed by atoms with van der Waals surface area (Å²) < 4.78 is 0. The monoisotopic (exact) mass is 199 g/mol. The zero-order chi connectivity index (χ0) is 10.8. The van der Waals surface area contributed by atoms with Gasteiger partial charge < -0.3 is 4.90 Å². The van der Waals surface area contributed by atoms with E-state index >= 15 is 0 Å². The van der Waals surface area contributed by atoms with Crippen LogP contribution in [0.25, 0.3) is 0 Å². The fourth-order valence-corrected chi connectivity index (χ4v) is 2.02. The van der Waals surface area contributed by atoms with E-state index in [0.717, 1.165) is 5.92 Å². The largest absolute Gasteiger partial charge is 0.306 e. The highest BCUT2D eigenvalue weighted by Gasteiger charge is 2.08. The van der Waals surface area contributed by atoms with Gasteiger partial charge in [-0.05, 0) is 32.4 Å². The van der Waals surface area contributed by atoms with Gasteiger partial charge in [-0.3, -0.25) is 0 Å². The lowest BCUT2D eigenvalue weighted by atomic mass is 9.98. The smallest absolute Gasteiger partial charge is 0.000650 e. The zero-order valence-electron chi connectivity index (χ0n) is 10.7. The Bertz CT molecular complexity index is 112. The van der Waals surface area contributed by atoms with Crippen molar-refractivity contribution >= 4 is 0 Å². The molecule has 0 aliphatic heterocycles. The minimum absolute atomic E-state index is 0.929. The first-order valence-electron chi connectivity index (χ1n) is 6.43. The van der Waals surface area contributed by atoms with Gasteiger partial charge in [-0.15, -0.1) is 0 Å². The highest BCUT2D eigenvalue weighted by molar-refractivity contribution is 4.62. The fourth-order valence-electron chi connectivity index (χ4n) is 2.02. The predicted molar refractivity (Wildman–Crippen MR) is 65.7 cm³/mol. The molecule has 0 aromatic heterocycles. The topological polar surface area (TPSA) is 3.24 Å². The molecule has 0 N–H and O–H groups in total. The third-order valence-corrected chi connectivity index (χ3v) is 2.97. The molecule has 0 spiro atoms. The molecule has 0 bridgehead atoms. The Kier molecular flexibility index (Phi) is 9.49. The molecule has 0 amide bonds. The number of hydrogen-bond donors (Lipinski definition) is 0. The van der Waals surface area contributed by atoms with Crippen molar-refractivity contribution in [3.63, 3.8) is 0 Å². The van der Waals surface area contributed by atoms with E-state index < -0.39 is 0 Å². The fraction of sp³-hybridized carbons (Fsp3) is 1.00. The van der Waals surface area contributed by atoms with E-state index in [1.54, 1.807) is 0 Å². The first-order valence-corrected chi connectivity index (χ1v) is 6.43. The van der Waals surface area contributed by atoms with Gasteiger partial charge in [0.05, 0.1) is 0 Å². The number of unbranched alkanes of at least 4 members (excludes halogenated alkanes) is 2. The van der Waals surface area contributed by atoms with Crippen molar-refractivity contribution in [1.29, 1.82) is 0 Å². The molecule has 0 aliphatic rings. The van der Waals surface area contributed by atoms with Crippen molar-refractivity contribution in [2.24, 2.45) is 5.92 Å². The minimum atomic E-state index is 0.929. The highest BCUT2D eigenvalue weighted by Crippen LogP contribution is 2.14. The maximum atomic E-state index is 2.49. The second-order valence-corrected chi connectivity index (χ2v) is 4.53. The zero-order valence-corrected chi connectivity index (χ0v) is 10.7. The van der Waals surface area contributed by atoms with Crippen LogP contribution >= 0.6 is 0 Å². The van der Waals surface area contributed by atoms with E-state index in [1.807, 2.05) is 0 Å². The van der Waals surface area contributed by atoms with E-state index in [4.69, 9.17) is 0 Å². The van der Waals surface area contributed by atoms with Crippen molar-refractivity contribution in [2.45, 2.75) is 59.3 Å². The van der Waals surface area contributed by atoms with Gasteiger partial charge in [0.25, 0.3) is 0 Å². The Balaban J connectivity index is 3.55. The van der Waals surface area contributed by atoms with Gasteiger partial charge in [0.2, 0.25) is 0 Å². The van der Waals surface area contributed by atoms with Crippen molar-refractivity contribution in [1.82, 2.24) is 4.90 Å². The summed E-state index contributed by atoms with van der Waals surface area (Å²) in [5, 5.41) is 0. The van der Waals surface area contributed by atoms with Crippen LogP contribution in [0.4, 0.5) is 0 Å². The van der Waals surface area contributed by atoms with Gasteiger partial charge in [0.15, 0.2) is 0 Å². The summed E-state index contributed by atoms with van der Waals surface area (Å²) in [6.45, 7) is 9.42. The molecule has 0 aromatic rings. The Hall–Kier alpha value is -0.0400. The van der Waals surface area contributed by atoms with Crippen LogP contribution in [0.5, 0.6) is 0 Å². The summed E-state index contributed by atoms with van der Waals surface area (Å²) in [6.07, 6.45) is 8.24. The average molecular weight is 199 g/mol. The van der Waals surface area contributed by atoms with Gasteiger partial charge in [-0.1, -0.05) is 46.5 Å².